The first kappa shape index (κ1) is 11.8. The Bertz CT molecular complexity index is 525. The van der Waals surface area contributed by atoms with Gasteiger partial charge in [-0.15, -0.1) is 0 Å². The van der Waals surface area contributed by atoms with Crippen molar-refractivity contribution in [2.45, 2.75) is 26.4 Å². The van der Waals surface area contributed by atoms with Gasteiger partial charge < -0.3 is 10.3 Å². The molecule has 0 fully saturated rings. The molecule has 0 unspecified atom stereocenters. The van der Waals surface area contributed by atoms with Gasteiger partial charge in [-0.25, -0.2) is 4.98 Å². The maximum absolute atomic E-state index is 5.59. The molecule has 5 nitrogen and oxygen atoms in total. The van der Waals surface area contributed by atoms with Gasteiger partial charge in [0.1, 0.15) is 4.99 Å². The zero-order valence-corrected chi connectivity index (χ0v) is 10.7. The smallest absolute Gasteiger partial charge is 0.167 e. The Hall–Kier alpha value is -1.69. The van der Waals surface area contributed by atoms with Crippen molar-refractivity contribution in [1.29, 1.82) is 0 Å². The molecule has 6 heteroatoms. The van der Waals surface area contributed by atoms with Crippen molar-refractivity contribution in [2.24, 2.45) is 5.73 Å². The van der Waals surface area contributed by atoms with E-state index in [1.165, 1.54) is 0 Å². The van der Waals surface area contributed by atoms with Crippen LogP contribution in [-0.4, -0.2) is 24.3 Å². The number of imidazole rings is 1. The number of aromatic nitrogens is 4. The van der Waals surface area contributed by atoms with Crippen molar-refractivity contribution in [3.8, 4) is 0 Å². The molecule has 0 bridgehead atoms. The van der Waals surface area contributed by atoms with Crippen LogP contribution in [0.25, 0.3) is 0 Å². The number of thiocarbonyl (C=S) groups is 1. The Kier molecular flexibility index (Phi) is 3.23. The fraction of sp³-hybridized carbons (Fsp3) is 0.364. The van der Waals surface area contributed by atoms with Gasteiger partial charge in [0.25, 0.3) is 0 Å². The molecule has 0 saturated carbocycles. The Morgan fingerprint density at radius 2 is 2.24 bits per heavy atom. The first-order valence-corrected chi connectivity index (χ1v) is 5.83. The summed E-state index contributed by atoms with van der Waals surface area (Å²) in [7, 11) is 0. The first-order chi connectivity index (χ1) is 8.08. The van der Waals surface area contributed by atoms with E-state index in [0.717, 1.165) is 5.69 Å². The highest BCUT2D eigenvalue weighted by atomic mass is 32.1. The lowest BCUT2D eigenvalue weighted by molar-refractivity contribution is 0.523. The molecule has 0 radical (unpaired) electrons. The summed E-state index contributed by atoms with van der Waals surface area (Å²) in [5.41, 5.74) is 6.56. The summed E-state index contributed by atoms with van der Waals surface area (Å²) in [6.45, 7) is 4.81. The van der Waals surface area contributed by atoms with Crippen LogP contribution in [-0.2, 0) is 6.54 Å². The number of nitrogens with zero attached hydrogens (tertiary/aromatic N) is 4. The van der Waals surface area contributed by atoms with E-state index >= 15 is 0 Å². The number of hydrogen-bond acceptors (Lipinski definition) is 3. The molecule has 0 aliphatic carbocycles. The van der Waals surface area contributed by atoms with Crippen LogP contribution >= 0.6 is 12.2 Å². The van der Waals surface area contributed by atoms with Gasteiger partial charge in [-0.2, -0.15) is 5.10 Å². The predicted octanol–water partition coefficient (Wildman–Crippen LogP) is 1.34. The van der Waals surface area contributed by atoms with Crippen LogP contribution in [0, 0.1) is 0 Å². The Balaban J connectivity index is 2.19. The van der Waals surface area contributed by atoms with E-state index in [1.807, 2.05) is 27.7 Å². The number of rotatable bonds is 4. The standard InChI is InChI=1S/C11H15N5S/c1-8(2)16-5-3-9(14-16)7-15-6-4-13-11(15)10(12)17/h3-6,8H,7H2,1-2H3,(H2,12,17). The molecule has 2 aromatic rings. The summed E-state index contributed by atoms with van der Waals surface area (Å²) in [4.78, 5) is 4.42. The molecule has 90 valence electrons. The van der Waals surface area contributed by atoms with Gasteiger partial charge in [-0.1, -0.05) is 12.2 Å². The number of nitrogens with two attached hydrogens (primary N) is 1. The van der Waals surface area contributed by atoms with Crippen molar-refractivity contribution in [3.05, 3.63) is 36.2 Å². The molecular weight excluding hydrogens is 234 g/mol. The van der Waals surface area contributed by atoms with E-state index in [0.29, 0.717) is 23.4 Å². The first-order valence-electron chi connectivity index (χ1n) is 5.43. The van der Waals surface area contributed by atoms with Crippen molar-refractivity contribution in [2.75, 3.05) is 0 Å². The van der Waals surface area contributed by atoms with Crippen molar-refractivity contribution >= 4 is 17.2 Å². The van der Waals surface area contributed by atoms with Crippen LogP contribution in [0.2, 0.25) is 0 Å². The van der Waals surface area contributed by atoms with E-state index in [1.54, 1.807) is 6.20 Å². The topological polar surface area (TPSA) is 61.7 Å². The van der Waals surface area contributed by atoms with Gasteiger partial charge in [-0.05, 0) is 19.9 Å². The minimum atomic E-state index is 0.304. The van der Waals surface area contributed by atoms with Crippen molar-refractivity contribution in [1.82, 2.24) is 19.3 Å². The average molecular weight is 249 g/mol. The number of hydrogen-bond donors (Lipinski definition) is 1. The van der Waals surface area contributed by atoms with Gasteiger partial charge in [0.2, 0.25) is 0 Å². The van der Waals surface area contributed by atoms with E-state index in [2.05, 4.69) is 23.9 Å². The van der Waals surface area contributed by atoms with Gasteiger partial charge in [0.15, 0.2) is 5.82 Å². The third kappa shape index (κ3) is 2.52. The molecule has 17 heavy (non-hydrogen) atoms. The summed E-state index contributed by atoms with van der Waals surface area (Å²) in [5.74, 6) is 0.624. The predicted molar refractivity (Wildman–Crippen MR) is 69.8 cm³/mol. The summed E-state index contributed by atoms with van der Waals surface area (Å²) in [6.07, 6.45) is 5.51. The van der Waals surface area contributed by atoms with Crippen LogP contribution in [0.4, 0.5) is 0 Å². The molecule has 2 N–H and O–H groups in total. The lowest BCUT2D eigenvalue weighted by Crippen LogP contribution is -2.17. The zero-order chi connectivity index (χ0) is 12.4. The quantitative estimate of drug-likeness (QED) is 0.831. The van der Waals surface area contributed by atoms with Gasteiger partial charge in [-0.3, -0.25) is 4.68 Å². The van der Waals surface area contributed by atoms with E-state index in [9.17, 15) is 0 Å². The fourth-order valence-electron chi connectivity index (χ4n) is 1.59. The van der Waals surface area contributed by atoms with Crippen LogP contribution < -0.4 is 5.73 Å². The van der Waals surface area contributed by atoms with E-state index in [4.69, 9.17) is 18.0 Å². The van der Waals surface area contributed by atoms with Crippen LogP contribution in [0.3, 0.4) is 0 Å². The van der Waals surface area contributed by atoms with Crippen LogP contribution in [0.1, 0.15) is 31.4 Å². The lowest BCUT2D eigenvalue weighted by Gasteiger charge is -2.05. The van der Waals surface area contributed by atoms with Gasteiger partial charge in [0, 0.05) is 24.6 Å². The zero-order valence-electron chi connectivity index (χ0n) is 9.87. The van der Waals surface area contributed by atoms with E-state index in [-0.39, 0.29) is 0 Å². The van der Waals surface area contributed by atoms with Gasteiger partial charge >= 0.3 is 0 Å². The largest absolute Gasteiger partial charge is 0.387 e. The Morgan fingerprint density at radius 1 is 1.47 bits per heavy atom. The molecule has 0 aliphatic heterocycles. The minimum Gasteiger partial charge on any atom is -0.387 e. The minimum absolute atomic E-state index is 0.304. The van der Waals surface area contributed by atoms with Crippen LogP contribution in [0.5, 0.6) is 0 Å². The van der Waals surface area contributed by atoms with Gasteiger partial charge in [0.05, 0.1) is 12.2 Å². The summed E-state index contributed by atoms with van der Waals surface area (Å²) in [5, 5.41) is 4.47. The third-order valence-electron chi connectivity index (χ3n) is 2.46. The third-order valence-corrected chi connectivity index (χ3v) is 2.64. The highest BCUT2D eigenvalue weighted by molar-refractivity contribution is 7.80. The molecule has 0 atom stereocenters. The molecule has 2 rings (SSSR count). The fourth-order valence-corrected chi connectivity index (χ4v) is 1.76. The average Bonchev–Trinajstić information content (AvgIpc) is 2.86. The molecule has 0 amide bonds. The van der Waals surface area contributed by atoms with Crippen molar-refractivity contribution in [3.63, 3.8) is 0 Å². The monoisotopic (exact) mass is 249 g/mol. The second-order valence-corrected chi connectivity index (χ2v) is 4.56. The molecule has 0 saturated heterocycles. The SMILES string of the molecule is CC(C)n1ccc(Cn2ccnc2C(N)=S)n1. The summed E-state index contributed by atoms with van der Waals surface area (Å²) in [6, 6.07) is 2.35. The maximum Gasteiger partial charge on any atom is 0.167 e. The lowest BCUT2D eigenvalue weighted by atomic mass is 10.4. The molecule has 0 aromatic carbocycles. The maximum atomic E-state index is 5.59. The van der Waals surface area contributed by atoms with Crippen molar-refractivity contribution < 1.29 is 0 Å². The second kappa shape index (κ2) is 4.67. The highest BCUT2D eigenvalue weighted by Gasteiger charge is 2.08. The molecule has 0 spiro atoms. The summed E-state index contributed by atoms with van der Waals surface area (Å²) >= 11 is 4.94. The molecule has 0 aliphatic rings. The molecular formula is C11H15N5S. The highest BCUT2D eigenvalue weighted by Crippen LogP contribution is 2.07. The summed E-state index contributed by atoms with van der Waals surface area (Å²) < 4.78 is 3.82. The Morgan fingerprint density at radius 3 is 2.82 bits per heavy atom. The second-order valence-electron chi connectivity index (χ2n) is 4.12. The van der Waals surface area contributed by atoms with E-state index < -0.39 is 0 Å². The normalized spacial score (nSPS) is 11.0. The molecule has 2 heterocycles. The molecule has 2 aromatic heterocycles. The Labute approximate surface area is 105 Å². The van der Waals surface area contributed by atoms with Crippen LogP contribution in [0.15, 0.2) is 24.7 Å².